The number of aromatic nitrogens is 2. The number of carbonyl (C=O) groups is 2. The first-order valence-corrected chi connectivity index (χ1v) is 12.1. The molecule has 8 heteroatoms. The molecule has 2 N–H and O–H groups in total. The Morgan fingerprint density at radius 3 is 2.32 bits per heavy atom. The molecule has 0 bridgehead atoms. The van der Waals surface area contributed by atoms with Gasteiger partial charge in [0.1, 0.15) is 12.4 Å². The molecular weight excluding hydrogens is 492 g/mol. The monoisotopic (exact) mass is 518 g/mol. The number of aromatic carboxylic acids is 2. The predicted molar refractivity (Wildman–Crippen MR) is 141 cm³/mol. The van der Waals surface area contributed by atoms with Crippen LogP contribution in [0.15, 0.2) is 54.6 Å². The van der Waals surface area contributed by atoms with Gasteiger partial charge in [0, 0.05) is 16.3 Å². The summed E-state index contributed by atoms with van der Waals surface area (Å²) < 4.78 is 8.07. The van der Waals surface area contributed by atoms with E-state index in [2.05, 4.69) is 12.0 Å². The Morgan fingerprint density at radius 1 is 0.946 bits per heavy atom. The van der Waals surface area contributed by atoms with Gasteiger partial charge in [-0.1, -0.05) is 29.8 Å². The van der Waals surface area contributed by atoms with Gasteiger partial charge in [0.2, 0.25) is 0 Å². The van der Waals surface area contributed by atoms with Crippen LogP contribution in [-0.4, -0.2) is 31.9 Å². The molecule has 1 heterocycles. The maximum Gasteiger partial charge on any atom is 0.336 e. The summed E-state index contributed by atoms with van der Waals surface area (Å²) in [5.41, 5.74) is 7.01. The van der Waals surface area contributed by atoms with Gasteiger partial charge in [-0.05, 0) is 92.8 Å². The SMILES string of the molecule is Cc1cc(-n2nc(C)c(C)c2C)ccc1OCc1c(Cl)cccc1Cc1ccc(C(=O)O)cc1C(=O)O. The molecule has 0 saturated heterocycles. The number of rotatable bonds is 8. The van der Waals surface area contributed by atoms with Gasteiger partial charge in [0.05, 0.1) is 22.5 Å². The molecule has 190 valence electrons. The lowest BCUT2D eigenvalue weighted by Gasteiger charge is -2.16. The molecule has 1 aromatic heterocycles. The van der Waals surface area contributed by atoms with Gasteiger partial charge in [-0.15, -0.1) is 0 Å². The summed E-state index contributed by atoms with van der Waals surface area (Å²) in [7, 11) is 0. The van der Waals surface area contributed by atoms with Crippen molar-refractivity contribution in [2.24, 2.45) is 0 Å². The van der Waals surface area contributed by atoms with Gasteiger partial charge in [-0.3, -0.25) is 0 Å². The Balaban J connectivity index is 1.59. The van der Waals surface area contributed by atoms with Crippen molar-refractivity contribution in [1.29, 1.82) is 0 Å². The second kappa shape index (κ2) is 10.5. The van der Waals surface area contributed by atoms with E-state index < -0.39 is 11.9 Å². The van der Waals surface area contributed by atoms with Gasteiger partial charge < -0.3 is 14.9 Å². The molecule has 4 rings (SSSR count). The molecule has 0 aliphatic carbocycles. The maximum absolute atomic E-state index is 11.8. The third kappa shape index (κ3) is 5.37. The van der Waals surface area contributed by atoms with Crippen molar-refractivity contribution in [3.05, 3.63) is 110 Å². The first kappa shape index (κ1) is 26.0. The lowest BCUT2D eigenvalue weighted by Crippen LogP contribution is -2.09. The Labute approximate surface area is 219 Å². The number of ether oxygens (including phenoxy) is 1. The number of benzene rings is 3. The zero-order chi connectivity index (χ0) is 26.9. The summed E-state index contributed by atoms with van der Waals surface area (Å²) in [6.07, 6.45) is 0.260. The second-order valence-electron chi connectivity index (χ2n) is 8.98. The van der Waals surface area contributed by atoms with Gasteiger partial charge in [0.15, 0.2) is 0 Å². The highest BCUT2D eigenvalue weighted by Gasteiger charge is 2.17. The highest BCUT2D eigenvalue weighted by atomic mass is 35.5. The van der Waals surface area contributed by atoms with Crippen LogP contribution in [0.5, 0.6) is 5.75 Å². The number of hydrogen-bond acceptors (Lipinski definition) is 4. The first-order valence-electron chi connectivity index (χ1n) is 11.7. The zero-order valence-electron chi connectivity index (χ0n) is 21.0. The minimum Gasteiger partial charge on any atom is -0.489 e. The van der Waals surface area contributed by atoms with Crippen LogP contribution in [0.25, 0.3) is 5.69 Å². The van der Waals surface area contributed by atoms with Crippen molar-refractivity contribution in [3.63, 3.8) is 0 Å². The standard InChI is InChI=1S/C29H27ClN2O5/c1-16-12-23(32-19(4)17(2)18(3)31-32)10-11-27(16)37-15-25-20(6-5-7-26(25)30)13-21-8-9-22(28(33)34)14-24(21)29(35)36/h5-12,14H,13,15H2,1-4H3,(H,33,34)(H,35,36). The van der Waals surface area contributed by atoms with Crippen molar-refractivity contribution in [3.8, 4) is 11.4 Å². The van der Waals surface area contributed by atoms with Gasteiger partial charge in [-0.25, -0.2) is 14.3 Å². The van der Waals surface area contributed by atoms with E-state index >= 15 is 0 Å². The van der Waals surface area contributed by atoms with Gasteiger partial charge >= 0.3 is 11.9 Å². The summed E-state index contributed by atoms with van der Waals surface area (Å²) in [4.78, 5) is 23.1. The lowest BCUT2D eigenvalue weighted by molar-refractivity contribution is 0.0695. The highest BCUT2D eigenvalue weighted by Crippen LogP contribution is 2.28. The summed E-state index contributed by atoms with van der Waals surface area (Å²) in [6, 6.07) is 15.4. The van der Waals surface area contributed by atoms with Crippen LogP contribution in [-0.2, 0) is 13.0 Å². The Kier molecular flexibility index (Phi) is 7.36. The zero-order valence-corrected chi connectivity index (χ0v) is 21.8. The van der Waals surface area contributed by atoms with Crippen LogP contribution < -0.4 is 4.74 Å². The third-order valence-electron chi connectivity index (χ3n) is 6.61. The highest BCUT2D eigenvalue weighted by molar-refractivity contribution is 6.31. The fourth-order valence-corrected chi connectivity index (χ4v) is 4.50. The summed E-state index contributed by atoms with van der Waals surface area (Å²) >= 11 is 6.52. The first-order chi connectivity index (χ1) is 17.6. The van der Waals surface area contributed by atoms with E-state index in [1.54, 1.807) is 12.1 Å². The van der Waals surface area contributed by atoms with Crippen molar-refractivity contribution >= 4 is 23.5 Å². The Morgan fingerprint density at radius 2 is 1.70 bits per heavy atom. The number of hydrogen-bond donors (Lipinski definition) is 2. The van der Waals surface area contributed by atoms with E-state index in [0.717, 1.165) is 39.3 Å². The lowest BCUT2D eigenvalue weighted by atomic mass is 9.95. The summed E-state index contributed by atoms with van der Waals surface area (Å²) in [6.45, 7) is 8.24. The Bertz CT molecular complexity index is 1520. The van der Waals surface area contributed by atoms with Crippen molar-refractivity contribution in [2.75, 3.05) is 0 Å². The van der Waals surface area contributed by atoms with Crippen molar-refractivity contribution < 1.29 is 24.5 Å². The maximum atomic E-state index is 11.8. The summed E-state index contributed by atoms with van der Waals surface area (Å²) in [5.74, 6) is -1.67. The van der Waals surface area contributed by atoms with Crippen LogP contribution in [0.4, 0.5) is 0 Å². The molecule has 7 nitrogen and oxygen atoms in total. The number of halogens is 1. The normalized spacial score (nSPS) is 10.9. The van der Waals surface area contributed by atoms with Gasteiger partial charge in [-0.2, -0.15) is 5.10 Å². The third-order valence-corrected chi connectivity index (χ3v) is 6.97. The largest absolute Gasteiger partial charge is 0.489 e. The fraction of sp³-hybridized carbons (Fsp3) is 0.207. The quantitative estimate of drug-likeness (QED) is 0.283. The molecule has 0 saturated carbocycles. The van der Waals surface area contributed by atoms with Crippen LogP contribution in [0, 0.1) is 27.7 Å². The number of nitrogens with zero attached hydrogens (tertiary/aromatic N) is 2. The minimum absolute atomic E-state index is 0.0578. The molecule has 3 aromatic carbocycles. The molecule has 0 amide bonds. The average Bonchev–Trinajstić information content (AvgIpc) is 3.11. The number of aryl methyl sites for hydroxylation is 2. The molecular formula is C29H27ClN2O5. The van der Waals surface area contributed by atoms with E-state index in [9.17, 15) is 19.8 Å². The van der Waals surface area contributed by atoms with Crippen LogP contribution in [0.2, 0.25) is 5.02 Å². The molecule has 0 radical (unpaired) electrons. The molecule has 0 unspecified atom stereocenters. The topological polar surface area (TPSA) is 102 Å². The molecule has 4 aromatic rings. The van der Waals surface area contributed by atoms with E-state index in [0.29, 0.717) is 16.3 Å². The van der Waals surface area contributed by atoms with E-state index in [1.165, 1.54) is 18.2 Å². The van der Waals surface area contributed by atoms with Crippen molar-refractivity contribution in [2.45, 2.75) is 40.7 Å². The summed E-state index contributed by atoms with van der Waals surface area (Å²) in [5, 5.41) is 24.0. The van der Waals surface area contributed by atoms with Crippen LogP contribution in [0.1, 0.15) is 59.9 Å². The van der Waals surface area contributed by atoms with E-state index in [-0.39, 0.29) is 24.2 Å². The second-order valence-corrected chi connectivity index (χ2v) is 9.39. The van der Waals surface area contributed by atoms with E-state index in [4.69, 9.17) is 16.3 Å². The van der Waals surface area contributed by atoms with Gasteiger partial charge in [0.25, 0.3) is 0 Å². The molecule has 0 aliphatic rings. The number of carboxylic acids is 2. The molecule has 37 heavy (non-hydrogen) atoms. The molecule has 0 atom stereocenters. The smallest absolute Gasteiger partial charge is 0.336 e. The molecule has 0 spiro atoms. The minimum atomic E-state index is -1.19. The average molecular weight is 519 g/mol. The predicted octanol–water partition coefficient (Wildman–Crippen LogP) is 6.33. The molecule has 0 fully saturated rings. The van der Waals surface area contributed by atoms with Crippen molar-refractivity contribution in [1.82, 2.24) is 9.78 Å². The number of carboxylic acid groups (broad SMARTS) is 2. The fourth-order valence-electron chi connectivity index (χ4n) is 4.25. The van der Waals surface area contributed by atoms with Crippen LogP contribution >= 0.6 is 11.6 Å². The Hall–Kier alpha value is -4.10. The van der Waals surface area contributed by atoms with E-state index in [1.807, 2.05) is 49.7 Å². The van der Waals surface area contributed by atoms with Crippen LogP contribution in [0.3, 0.4) is 0 Å². The molecule has 0 aliphatic heterocycles.